The Labute approximate surface area is 86.9 Å². The summed E-state index contributed by atoms with van der Waals surface area (Å²) in [6.07, 6.45) is 1.60. The zero-order valence-corrected chi connectivity index (χ0v) is 8.33. The van der Waals surface area contributed by atoms with Crippen molar-refractivity contribution in [2.45, 2.75) is 6.54 Å². The molecule has 2 rings (SSSR count). The number of oxazole rings is 1. The molecule has 0 saturated carbocycles. The molecule has 0 bridgehead atoms. The molecular weight excluding hydrogens is 195 g/mol. The van der Waals surface area contributed by atoms with Gasteiger partial charge in [-0.25, -0.2) is 9.37 Å². The summed E-state index contributed by atoms with van der Waals surface area (Å²) in [4.78, 5) is 4.06. The number of nitrogens with one attached hydrogen (secondary N) is 1. The number of nitrogens with zero attached hydrogens (tertiary/aromatic N) is 1. The van der Waals surface area contributed by atoms with Crippen LogP contribution in [0.3, 0.4) is 0 Å². The second kappa shape index (κ2) is 4.23. The third-order valence-corrected chi connectivity index (χ3v) is 1.99. The van der Waals surface area contributed by atoms with Gasteiger partial charge >= 0.3 is 0 Å². The van der Waals surface area contributed by atoms with Gasteiger partial charge in [-0.15, -0.1) is 0 Å². The minimum atomic E-state index is -0.279. The fourth-order valence-electron chi connectivity index (χ4n) is 1.32. The summed E-state index contributed by atoms with van der Waals surface area (Å²) >= 11 is 0. The van der Waals surface area contributed by atoms with E-state index in [1.807, 2.05) is 7.05 Å². The van der Waals surface area contributed by atoms with Crippen LogP contribution in [-0.4, -0.2) is 12.0 Å². The van der Waals surface area contributed by atoms with E-state index >= 15 is 0 Å². The second-order valence-electron chi connectivity index (χ2n) is 3.16. The predicted octanol–water partition coefficient (Wildman–Crippen LogP) is 2.20. The Hall–Kier alpha value is -1.68. The lowest BCUT2D eigenvalue weighted by Crippen LogP contribution is -2.04. The SMILES string of the molecule is CNCc1ncc(-c2cccc(F)c2)o1. The highest BCUT2D eigenvalue weighted by Crippen LogP contribution is 2.20. The van der Waals surface area contributed by atoms with Crippen LogP contribution in [-0.2, 0) is 6.54 Å². The summed E-state index contributed by atoms with van der Waals surface area (Å²) in [7, 11) is 1.81. The summed E-state index contributed by atoms with van der Waals surface area (Å²) < 4.78 is 18.4. The summed E-state index contributed by atoms with van der Waals surface area (Å²) in [5.41, 5.74) is 0.699. The molecule has 1 aromatic carbocycles. The smallest absolute Gasteiger partial charge is 0.208 e. The molecule has 3 nitrogen and oxygen atoms in total. The van der Waals surface area contributed by atoms with Gasteiger partial charge in [-0.1, -0.05) is 12.1 Å². The normalized spacial score (nSPS) is 10.5. The Morgan fingerprint density at radius 2 is 2.33 bits per heavy atom. The van der Waals surface area contributed by atoms with Crippen molar-refractivity contribution in [3.8, 4) is 11.3 Å². The minimum Gasteiger partial charge on any atom is -0.439 e. The van der Waals surface area contributed by atoms with Gasteiger partial charge in [0.05, 0.1) is 12.7 Å². The summed E-state index contributed by atoms with van der Waals surface area (Å²) in [6.45, 7) is 0.565. The molecule has 0 radical (unpaired) electrons. The average Bonchev–Trinajstić information content (AvgIpc) is 2.67. The maximum atomic E-state index is 12.9. The third-order valence-electron chi connectivity index (χ3n) is 1.99. The Morgan fingerprint density at radius 3 is 3.07 bits per heavy atom. The van der Waals surface area contributed by atoms with E-state index in [-0.39, 0.29) is 5.82 Å². The molecule has 0 saturated heterocycles. The van der Waals surface area contributed by atoms with Crippen LogP contribution in [0.1, 0.15) is 5.89 Å². The van der Waals surface area contributed by atoms with E-state index in [0.29, 0.717) is 23.8 Å². The molecule has 1 N–H and O–H groups in total. The Kier molecular flexibility index (Phi) is 2.78. The molecule has 0 aliphatic heterocycles. The Bertz CT molecular complexity index is 453. The van der Waals surface area contributed by atoms with Gasteiger partial charge in [0.2, 0.25) is 5.89 Å². The van der Waals surface area contributed by atoms with E-state index in [1.54, 1.807) is 18.3 Å². The topological polar surface area (TPSA) is 38.1 Å². The van der Waals surface area contributed by atoms with Crippen LogP contribution in [0.25, 0.3) is 11.3 Å². The van der Waals surface area contributed by atoms with E-state index < -0.39 is 0 Å². The van der Waals surface area contributed by atoms with Crippen molar-refractivity contribution in [3.05, 3.63) is 42.2 Å². The lowest BCUT2D eigenvalue weighted by molar-refractivity contribution is 0.490. The van der Waals surface area contributed by atoms with Gasteiger partial charge in [0.1, 0.15) is 5.82 Å². The third kappa shape index (κ3) is 2.22. The molecule has 78 valence electrons. The maximum Gasteiger partial charge on any atom is 0.208 e. The van der Waals surface area contributed by atoms with Crippen molar-refractivity contribution in [2.24, 2.45) is 0 Å². The molecule has 0 spiro atoms. The van der Waals surface area contributed by atoms with Gasteiger partial charge in [0, 0.05) is 5.56 Å². The van der Waals surface area contributed by atoms with Crippen LogP contribution >= 0.6 is 0 Å². The fraction of sp³-hybridized carbons (Fsp3) is 0.182. The predicted molar refractivity (Wildman–Crippen MR) is 54.7 cm³/mol. The first-order chi connectivity index (χ1) is 7.29. The second-order valence-corrected chi connectivity index (χ2v) is 3.16. The van der Waals surface area contributed by atoms with Crippen LogP contribution in [0.5, 0.6) is 0 Å². The zero-order valence-electron chi connectivity index (χ0n) is 8.33. The van der Waals surface area contributed by atoms with Gasteiger partial charge in [-0.3, -0.25) is 0 Å². The van der Waals surface area contributed by atoms with Gasteiger partial charge in [0.25, 0.3) is 0 Å². The molecule has 4 heteroatoms. The van der Waals surface area contributed by atoms with Crippen LogP contribution in [0.15, 0.2) is 34.9 Å². The van der Waals surface area contributed by atoms with Crippen molar-refractivity contribution in [1.29, 1.82) is 0 Å². The summed E-state index contributed by atoms with van der Waals surface area (Å²) in [5.74, 6) is 0.899. The largest absolute Gasteiger partial charge is 0.439 e. The van der Waals surface area contributed by atoms with E-state index in [9.17, 15) is 4.39 Å². The van der Waals surface area contributed by atoms with Crippen molar-refractivity contribution in [3.63, 3.8) is 0 Å². The lowest BCUT2D eigenvalue weighted by Gasteiger charge is -1.95. The van der Waals surface area contributed by atoms with Gasteiger partial charge in [0.15, 0.2) is 5.76 Å². The fourth-order valence-corrected chi connectivity index (χ4v) is 1.32. The van der Waals surface area contributed by atoms with Crippen molar-refractivity contribution in [1.82, 2.24) is 10.3 Å². The molecule has 0 unspecified atom stereocenters. The van der Waals surface area contributed by atoms with Crippen LogP contribution in [0, 0.1) is 5.82 Å². The number of aromatic nitrogens is 1. The standard InChI is InChI=1S/C11H11FN2O/c1-13-7-11-14-6-10(15-11)8-3-2-4-9(12)5-8/h2-6,13H,7H2,1H3. The first-order valence-electron chi connectivity index (χ1n) is 4.65. The number of halogens is 1. The molecule has 2 aromatic rings. The monoisotopic (exact) mass is 206 g/mol. The molecule has 15 heavy (non-hydrogen) atoms. The van der Waals surface area contributed by atoms with Crippen molar-refractivity contribution >= 4 is 0 Å². The highest BCUT2D eigenvalue weighted by Gasteiger charge is 2.05. The summed E-state index contributed by atoms with van der Waals surface area (Å²) in [5, 5.41) is 2.93. The molecule has 1 heterocycles. The van der Waals surface area contributed by atoms with Crippen LogP contribution in [0.4, 0.5) is 4.39 Å². The molecule has 0 aliphatic rings. The molecule has 0 aliphatic carbocycles. The number of benzene rings is 1. The molecule has 1 aromatic heterocycles. The molecule has 0 amide bonds. The van der Waals surface area contributed by atoms with Crippen molar-refractivity contribution in [2.75, 3.05) is 7.05 Å². The van der Waals surface area contributed by atoms with Gasteiger partial charge in [-0.05, 0) is 19.2 Å². The van der Waals surface area contributed by atoms with Crippen LogP contribution < -0.4 is 5.32 Å². The minimum absolute atomic E-state index is 0.279. The average molecular weight is 206 g/mol. The highest BCUT2D eigenvalue weighted by atomic mass is 19.1. The van der Waals surface area contributed by atoms with E-state index in [1.165, 1.54) is 12.1 Å². The quantitative estimate of drug-likeness (QED) is 0.836. The zero-order chi connectivity index (χ0) is 10.7. The highest BCUT2D eigenvalue weighted by molar-refractivity contribution is 5.55. The van der Waals surface area contributed by atoms with Crippen molar-refractivity contribution < 1.29 is 8.81 Å². The van der Waals surface area contributed by atoms with E-state index in [2.05, 4.69) is 10.3 Å². The number of hydrogen-bond acceptors (Lipinski definition) is 3. The van der Waals surface area contributed by atoms with Gasteiger partial charge in [-0.2, -0.15) is 0 Å². The maximum absolute atomic E-state index is 12.9. The molecule has 0 fully saturated rings. The summed E-state index contributed by atoms with van der Waals surface area (Å²) in [6, 6.07) is 6.25. The van der Waals surface area contributed by atoms with Gasteiger partial charge < -0.3 is 9.73 Å². The Balaban J connectivity index is 2.29. The molecular formula is C11H11FN2O. The number of rotatable bonds is 3. The van der Waals surface area contributed by atoms with Crippen LogP contribution in [0.2, 0.25) is 0 Å². The first kappa shape index (κ1) is 9.86. The van der Waals surface area contributed by atoms with E-state index in [0.717, 1.165) is 0 Å². The first-order valence-corrected chi connectivity index (χ1v) is 4.65. The Morgan fingerprint density at radius 1 is 1.47 bits per heavy atom. The number of hydrogen-bond donors (Lipinski definition) is 1. The molecule has 0 atom stereocenters. The lowest BCUT2D eigenvalue weighted by atomic mass is 10.2. The van der Waals surface area contributed by atoms with E-state index in [4.69, 9.17) is 4.42 Å².